The van der Waals surface area contributed by atoms with E-state index in [2.05, 4.69) is 14.2 Å². The lowest BCUT2D eigenvalue weighted by Gasteiger charge is -2.43. The van der Waals surface area contributed by atoms with Crippen molar-refractivity contribution in [2.24, 2.45) is 16.7 Å². The summed E-state index contributed by atoms with van der Waals surface area (Å²) in [5.41, 5.74) is -2.76. The van der Waals surface area contributed by atoms with Crippen LogP contribution in [-0.2, 0) is 33.9 Å². The molecule has 35 heavy (non-hydrogen) atoms. The van der Waals surface area contributed by atoms with Gasteiger partial charge in [-0.3, -0.25) is 9.35 Å². The van der Waals surface area contributed by atoms with E-state index in [0.29, 0.717) is 7.11 Å². The first kappa shape index (κ1) is 33.3. The van der Waals surface area contributed by atoms with Gasteiger partial charge in [0.2, 0.25) is 0 Å². The molecule has 2 unspecified atom stereocenters. The van der Waals surface area contributed by atoms with Crippen LogP contribution in [-0.4, -0.2) is 61.8 Å². The molecule has 208 valence electrons. The molecular weight excluding hydrogens is 521 g/mol. The van der Waals surface area contributed by atoms with Gasteiger partial charge in [0, 0.05) is 6.42 Å². The quantitative estimate of drug-likeness (QED) is 0.172. The number of esters is 2. The van der Waals surface area contributed by atoms with Crippen LogP contribution in [0, 0.1) is 16.7 Å². The summed E-state index contributed by atoms with van der Waals surface area (Å²) in [7, 11) is -6.25. The predicted molar refractivity (Wildman–Crippen MR) is 106 cm³/mol. The molecule has 1 N–H and O–H groups in total. The van der Waals surface area contributed by atoms with Gasteiger partial charge in [-0.1, -0.05) is 34.6 Å². The van der Waals surface area contributed by atoms with Gasteiger partial charge in [0.05, 0.1) is 19.1 Å². The maximum Gasteiger partial charge on any atom is 0.468 e. The third-order valence-corrected chi connectivity index (χ3v) is 6.40. The van der Waals surface area contributed by atoms with Gasteiger partial charge in [0.1, 0.15) is 0 Å². The maximum absolute atomic E-state index is 14.0. The molecule has 0 fully saturated rings. The van der Waals surface area contributed by atoms with E-state index in [0.717, 1.165) is 0 Å². The summed E-state index contributed by atoms with van der Waals surface area (Å²) in [5.74, 6) is -14.6. The summed E-state index contributed by atoms with van der Waals surface area (Å²) in [6.45, 7) is 6.92. The van der Waals surface area contributed by atoms with Crippen LogP contribution in [0.3, 0.4) is 0 Å². The Bertz CT molecular complexity index is 881. The molecule has 0 rings (SSSR count). The molecule has 0 amide bonds. The number of hydrogen-bond donors (Lipinski definition) is 1. The first-order chi connectivity index (χ1) is 15.2. The van der Waals surface area contributed by atoms with Crippen LogP contribution < -0.4 is 0 Å². The molecule has 0 heterocycles. The highest BCUT2D eigenvalue weighted by atomic mass is 32.2. The zero-order chi connectivity index (χ0) is 28.5. The molecule has 0 aliphatic rings. The highest BCUT2D eigenvalue weighted by Gasteiger charge is 2.70. The van der Waals surface area contributed by atoms with E-state index >= 15 is 0 Å². The molecule has 0 saturated carbocycles. The van der Waals surface area contributed by atoms with Gasteiger partial charge in [-0.05, 0) is 24.7 Å². The van der Waals surface area contributed by atoms with Crippen molar-refractivity contribution in [2.45, 2.75) is 77.5 Å². The fourth-order valence-corrected chi connectivity index (χ4v) is 3.41. The second kappa shape index (κ2) is 10.4. The normalized spacial score (nSPS) is 17.5. The van der Waals surface area contributed by atoms with E-state index in [9.17, 15) is 48.7 Å². The van der Waals surface area contributed by atoms with E-state index < -0.39 is 69.1 Å². The van der Waals surface area contributed by atoms with Crippen molar-refractivity contribution in [1.82, 2.24) is 0 Å². The van der Waals surface area contributed by atoms with Crippen molar-refractivity contribution in [2.75, 3.05) is 13.7 Å². The third-order valence-electron chi connectivity index (χ3n) is 5.46. The average molecular weight is 550 g/mol. The minimum absolute atomic E-state index is 0.0525. The zero-order valence-corrected chi connectivity index (χ0v) is 20.9. The highest BCUT2D eigenvalue weighted by molar-refractivity contribution is 7.87. The lowest BCUT2D eigenvalue weighted by molar-refractivity contribution is -0.360. The van der Waals surface area contributed by atoms with Gasteiger partial charge in [-0.2, -0.15) is 39.2 Å². The second-order valence-electron chi connectivity index (χ2n) is 9.47. The van der Waals surface area contributed by atoms with Gasteiger partial charge < -0.3 is 14.2 Å². The van der Waals surface area contributed by atoms with Crippen LogP contribution in [0.25, 0.3) is 0 Å². The van der Waals surface area contributed by atoms with Gasteiger partial charge >= 0.3 is 45.2 Å². The van der Waals surface area contributed by atoms with E-state index in [1.54, 1.807) is 13.8 Å². The van der Waals surface area contributed by atoms with Crippen molar-refractivity contribution in [3.8, 4) is 0 Å². The number of methoxy groups -OCH3 is 1. The first-order valence-electron chi connectivity index (χ1n) is 9.98. The summed E-state index contributed by atoms with van der Waals surface area (Å²) in [6.07, 6.45) is -8.44. The Morgan fingerprint density at radius 1 is 0.914 bits per heavy atom. The Morgan fingerprint density at radius 2 is 1.37 bits per heavy atom. The number of carbonyl (C=O) groups is 2. The molecule has 0 aliphatic heterocycles. The number of rotatable bonds is 11. The summed E-state index contributed by atoms with van der Waals surface area (Å²) in [5, 5.41) is -6.10. The molecule has 8 nitrogen and oxygen atoms in total. The van der Waals surface area contributed by atoms with E-state index in [4.69, 9.17) is 4.55 Å². The van der Waals surface area contributed by atoms with E-state index in [1.165, 1.54) is 27.7 Å². The maximum atomic E-state index is 14.0. The fraction of sp³-hybridized carbons (Fsp3) is 0.895. The molecule has 0 spiro atoms. The molecule has 0 radical (unpaired) electrons. The molecule has 0 aromatic heterocycles. The largest absolute Gasteiger partial charge is 0.468 e. The molecule has 2 atom stereocenters. The topological polar surface area (TPSA) is 116 Å². The number of carbonyl (C=O) groups excluding carboxylic acids is 2. The van der Waals surface area contributed by atoms with Crippen LogP contribution >= 0.6 is 0 Å². The zero-order valence-electron chi connectivity index (χ0n) is 20.1. The van der Waals surface area contributed by atoms with Gasteiger partial charge in [0.15, 0.2) is 0 Å². The molecule has 16 heteroatoms. The van der Waals surface area contributed by atoms with Crippen LogP contribution in [0.4, 0.5) is 30.7 Å². The van der Waals surface area contributed by atoms with Crippen LogP contribution in [0.2, 0.25) is 0 Å². The van der Waals surface area contributed by atoms with E-state index in [1.807, 2.05) is 0 Å². The SMILES string of the molecule is COC(=O)C(OCCC(F)(F)C(F)(F)S(=O)(=O)O)(OC(=O)C(C)(CC(C)C)C(C)(C)C)C(F)(F)F. The van der Waals surface area contributed by atoms with Crippen molar-refractivity contribution in [3.05, 3.63) is 0 Å². The fourth-order valence-electron chi connectivity index (χ4n) is 2.93. The number of ether oxygens (including phenoxy) is 3. The van der Waals surface area contributed by atoms with Crippen LogP contribution in [0.1, 0.15) is 54.4 Å². The Labute approximate surface area is 198 Å². The van der Waals surface area contributed by atoms with Crippen molar-refractivity contribution < 1.29 is 67.5 Å². The number of alkyl halides is 7. The second-order valence-corrected chi connectivity index (χ2v) is 10.9. The molecule has 0 saturated heterocycles. The third kappa shape index (κ3) is 6.76. The minimum atomic E-state index is -6.68. The van der Waals surface area contributed by atoms with Gasteiger partial charge in [-0.25, -0.2) is 4.79 Å². The lowest BCUT2D eigenvalue weighted by atomic mass is 9.64. The molecule has 0 aromatic rings. The summed E-state index contributed by atoms with van der Waals surface area (Å²) in [4.78, 5) is 25.1. The van der Waals surface area contributed by atoms with E-state index in [-0.39, 0.29) is 12.3 Å². The Morgan fingerprint density at radius 3 is 1.69 bits per heavy atom. The van der Waals surface area contributed by atoms with Gasteiger partial charge in [0.25, 0.3) is 0 Å². The summed E-state index contributed by atoms with van der Waals surface area (Å²) in [6, 6.07) is 0. The number of hydrogen-bond acceptors (Lipinski definition) is 7. The lowest BCUT2D eigenvalue weighted by Crippen LogP contribution is -2.60. The Balaban J connectivity index is 6.41. The minimum Gasteiger partial charge on any atom is -0.464 e. The summed E-state index contributed by atoms with van der Waals surface area (Å²) >= 11 is 0. The average Bonchev–Trinajstić information content (AvgIpc) is 2.62. The molecule has 0 aromatic carbocycles. The van der Waals surface area contributed by atoms with Crippen molar-refractivity contribution >= 4 is 22.1 Å². The van der Waals surface area contributed by atoms with Gasteiger partial charge in [-0.15, -0.1) is 0 Å². The van der Waals surface area contributed by atoms with Crippen LogP contribution in [0.5, 0.6) is 0 Å². The first-order valence-corrected chi connectivity index (χ1v) is 11.4. The smallest absolute Gasteiger partial charge is 0.464 e. The highest BCUT2D eigenvalue weighted by Crippen LogP contribution is 2.47. The monoisotopic (exact) mass is 550 g/mol. The Kier molecular flexibility index (Phi) is 9.86. The standard InChI is InChI=1S/C19H29F7O8S/c1-11(2)10-15(6,14(3,4)5)12(27)34-17(13(28)32-7,18(22,23)24)33-9-8-16(20,21)19(25,26)35(29,30)31/h11H,8-10H2,1-7H3,(H,29,30,31). The Hall–Kier alpha value is -1.68. The predicted octanol–water partition coefficient (Wildman–Crippen LogP) is 4.58. The molecule has 0 bridgehead atoms. The van der Waals surface area contributed by atoms with Crippen molar-refractivity contribution in [1.29, 1.82) is 0 Å². The van der Waals surface area contributed by atoms with Crippen molar-refractivity contribution in [3.63, 3.8) is 0 Å². The summed E-state index contributed by atoms with van der Waals surface area (Å²) < 4.78 is 138. The number of halogens is 7. The molecular formula is C19H29F7O8S. The molecule has 0 aliphatic carbocycles. The van der Waals surface area contributed by atoms with Crippen LogP contribution in [0.15, 0.2) is 0 Å².